The minimum atomic E-state index is 0.186. The molecule has 0 bridgehead atoms. The van der Waals surface area contributed by atoms with Gasteiger partial charge in [-0.3, -0.25) is 9.88 Å². The average Bonchev–Trinajstić information content (AvgIpc) is 2.86. The van der Waals surface area contributed by atoms with Crippen LogP contribution in [0.2, 0.25) is 0 Å². The number of rotatable bonds is 9. The molecule has 1 aliphatic heterocycles. The van der Waals surface area contributed by atoms with Gasteiger partial charge in [-0.15, -0.1) is 0 Å². The van der Waals surface area contributed by atoms with Crippen molar-refractivity contribution in [1.29, 1.82) is 0 Å². The zero-order valence-electron chi connectivity index (χ0n) is 20.5. The molecule has 1 saturated heterocycles. The fourth-order valence-corrected chi connectivity index (χ4v) is 5.28. The molecule has 2 aromatic carbocycles. The summed E-state index contributed by atoms with van der Waals surface area (Å²) in [6.45, 7) is 8.22. The molecular weight excluding hydrogens is 402 g/mol. The van der Waals surface area contributed by atoms with Crippen LogP contribution in [0.15, 0.2) is 79.0 Å². The molecule has 0 amide bonds. The number of nitrogens with zero attached hydrogens (tertiary/aromatic N) is 3. The van der Waals surface area contributed by atoms with E-state index in [4.69, 9.17) is 4.98 Å². The van der Waals surface area contributed by atoms with Gasteiger partial charge in [0.2, 0.25) is 0 Å². The van der Waals surface area contributed by atoms with Crippen LogP contribution in [-0.4, -0.2) is 47.5 Å². The van der Waals surface area contributed by atoms with Crippen LogP contribution in [-0.2, 0) is 6.42 Å². The molecule has 1 fully saturated rings. The van der Waals surface area contributed by atoms with Crippen LogP contribution in [0.1, 0.15) is 54.6 Å². The van der Waals surface area contributed by atoms with Crippen molar-refractivity contribution in [2.45, 2.75) is 51.6 Å². The Kier molecular flexibility index (Phi) is 8.30. The van der Waals surface area contributed by atoms with Crippen molar-refractivity contribution < 1.29 is 0 Å². The first kappa shape index (κ1) is 23.7. The van der Waals surface area contributed by atoms with Crippen molar-refractivity contribution in [2.75, 3.05) is 26.7 Å². The van der Waals surface area contributed by atoms with Crippen molar-refractivity contribution in [3.05, 3.63) is 101 Å². The Bertz CT molecular complexity index is 947. The highest BCUT2D eigenvalue weighted by molar-refractivity contribution is 5.30. The molecule has 2 atom stereocenters. The summed E-state index contributed by atoms with van der Waals surface area (Å²) in [6, 6.07) is 26.8. The molecule has 2 unspecified atom stereocenters. The maximum Gasteiger partial charge on any atom is 0.0776 e. The van der Waals surface area contributed by atoms with Gasteiger partial charge in [0.25, 0.3) is 0 Å². The highest BCUT2D eigenvalue weighted by Gasteiger charge is 2.31. The predicted octanol–water partition coefficient (Wildman–Crippen LogP) is 6.14. The maximum absolute atomic E-state index is 4.75. The molecule has 4 rings (SSSR count). The highest BCUT2D eigenvalue weighted by atomic mass is 15.2. The number of aryl methyl sites for hydroxylation is 2. The second-order valence-corrected chi connectivity index (χ2v) is 9.74. The summed E-state index contributed by atoms with van der Waals surface area (Å²) in [7, 11) is 2.29. The van der Waals surface area contributed by atoms with Gasteiger partial charge in [-0.1, -0.05) is 66.2 Å². The molecule has 3 aromatic rings. The first-order chi connectivity index (χ1) is 16.1. The Labute approximate surface area is 200 Å². The molecule has 1 aliphatic rings. The molecule has 174 valence electrons. The van der Waals surface area contributed by atoms with E-state index in [-0.39, 0.29) is 6.04 Å². The minimum Gasteiger partial charge on any atom is -0.303 e. The largest absolute Gasteiger partial charge is 0.303 e. The molecule has 33 heavy (non-hydrogen) atoms. The Balaban J connectivity index is 1.35. The third-order valence-corrected chi connectivity index (χ3v) is 7.51. The Morgan fingerprint density at radius 3 is 2.30 bits per heavy atom. The number of hydrogen-bond acceptors (Lipinski definition) is 3. The van der Waals surface area contributed by atoms with Crippen LogP contribution in [0.3, 0.4) is 0 Å². The fraction of sp³-hybridized carbons (Fsp3) is 0.433. The van der Waals surface area contributed by atoms with Gasteiger partial charge in [-0.05, 0) is 95.4 Å². The van der Waals surface area contributed by atoms with Crippen LogP contribution in [0, 0.1) is 12.8 Å². The molecule has 0 saturated carbocycles. The van der Waals surface area contributed by atoms with Crippen LogP contribution in [0.4, 0.5) is 0 Å². The number of pyridine rings is 1. The van der Waals surface area contributed by atoms with Crippen LogP contribution < -0.4 is 0 Å². The number of likely N-dealkylation sites (tertiary alicyclic amines) is 1. The van der Waals surface area contributed by atoms with Gasteiger partial charge in [0.15, 0.2) is 0 Å². The molecular formula is C30H39N3. The van der Waals surface area contributed by atoms with E-state index in [1.165, 1.54) is 62.0 Å². The maximum atomic E-state index is 4.75. The fourth-order valence-electron chi connectivity index (χ4n) is 5.28. The summed E-state index contributed by atoms with van der Waals surface area (Å²) >= 11 is 0. The van der Waals surface area contributed by atoms with E-state index < -0.39 is 0 Å². The second kappa shape index (κ2) is 11.6. The van der Waals surface area contributed by atoms with Crippen molar-refractivity contribution in [2.24, 2.45) is 5.92 Å². The third kappa shape index (κ3) is 6.31. The summed E-state index contributed by atoms with van der Waals surface area (Å²) in [5.74, 6) is 0.719. The summed E-state index contributed by atoms with van der Waals surface area (Å²) in [4.78, 5) is 9.97. The van der Waals surface area contributed by atoms with Crippen molar-refractivity contribution in [1.82, 2.24) is 14.8 Å². The van der Waals surface area contributed by atoms with E-state index in [1.807, 2.05) is 12.3 Å². The van der Waals surface area contributed by atoms with Gasteiger partial charge < -0.3 is 4.90 Å². The summed E-state index contributed by atoms with van der Waals surface area (Å²) in [5, 5.41) is 0. The number of hydrogen-bond donors (Lipinski definition) is 0. The molecule has 0 N–H and O–H groups in total. The predicted molar refractivity (Wildman–Crippen MR) is 138 cm³/mol. The third-order valence-electron chi connectivity index (χ3n) is 7.51. The van der Waals surface area contributed by atoms with Gasteiger partial charge in [-0.2, -0.15) is 0 Å². The molecule has 0 spiro atoms. The van der Waals surface area contributed by atoms with E-state index in [9.17, 15) is 0 Å². The standard InChI is InChI=1S/C30H39N3/c1-24-14-16-28(17-15-24)30(29-13-7-8-20-31-29)32(3)25(2)27-18-22-33(23-19-27)21-9-12-26-10-5-4-6-11-26/h4-8,10-11,13-17,20,25,27,30H,9,12,18-19,21-23H2,1-3H3. The van der Waals surface area contributed by atoms with E-state index >= 15 is 0 Å². The van der Waals surface area contributed by atoms with Crippen LogP contribution in [0.25, 0.3) is 0 Å². The minimum absolute atomic E-state index is 0.186. The first-order valence-electron chi connectivity index (χ1n) is 12.6. The van der Waals surface area contributed by atoms with E-state index in [2.05, 4.69) is 97.4 Å². The average molecular weight is 442 g/mol. The lowest BCUT2D eigenvalue weighted by Crippen LogP contribution is -2.44. The molecule has 2 heterocycles. The van der Waals surface area contributed by atoms with Crippen molar-refractivity contribution >= 4 is 0 Å². The smallest absolute Gasteiger partial charge is 0.0776 e. The summed E-state index contributed by atoms with van der Waals surface area (Å²) < 4.78 is 0. The van der Waals surface area contributed by atoms with Gasteiger partial charge in [0, 0.05) is 12.2 Å². The summed E-state index contributed by atoms with van der Waals surface area (Å²) in [6.07, 6.45) is 6.91. The number of aromatic nitrogens is 1. The second-order valence-electron chi connectivity index (χ2n) is 9.74. The first-order valence-corrected chi connectivity index (χ1v) is 12.6. The van der Waals surface area contributed by atoms with E-state index in [0.29, 0.717) is 6.04 Å². The topological polar surface area (TPSA) is 19.4 Å². The van der Waals surface area contributed by atoms with Gasteiger partial charge in [0.1, 0.15) is 0 Å². The molecule has 0 aliphatic carbocycles. The zero-order valence-corrected chi connectivity index (χ0v) is 20.5. The van der Waals surface area contributed by atoms with Crippen LogP contribution >= 0.6 is 0 Å². The zero-order chi connectivity index (χ0) is 23.0. The lowest BCUT2D eigenvalue weighted by Gasteiger charge is -2.41. The van der Waals surface area contributed by atoms with Gasteiger partial charge in [0.05, 0.1) is 11.7 Å². The monoisotopic (exact) mass is 441 g/mol. The van der Waals surface area contributed by atoms with E-state index in [0.717, 1.165) is 11.6 Å². The number of piperidine rings is 1. The molecule has 0 radical (unpaired) electrons. The Morgan fingerprint density at radius 1 is 0.939 bits per heavy atom. The van der Waals surface area contributed by atoms with Crippen LogP contribution in [0.5, 0.6) is 0 Å². The molecule has 3 nitrogen and oxygen atoms in total. The molecule has 1 aromatic heterocycles. The normalized spacial score (nSPS) is 17.2. The van der Waals surface area contributed by atoms with Gasteiger partial charge in [-0.25, -0.2) is 0 Å². The SMILES string of the molecule is Cc1ccc(C(c2ccccn2)N(C)C(C)C2CCN(CCCc3ccccc3)CC2)cc1. The molecule has 3 heteroatoms. The van der Waals surface area contributed by atoms with Crippen molar-refractivity contribution in [3.63, 3.8) is 0 Å². The summed E-state index contributed by atoms with van der Waals surface area (Å²) in [5.41, 5.74) is 5.22. The number of benzene rings is 2. The highest BCUT2D eigenvalue weighted by Crippen LogP contribution is 2.32. The quantitative estimate of drug-likeness (QED) is 0.397. The van der Waals surface area contributed by atoms with Gasteiger partial charge >= 0.3 is 0 Å². The van der Waals surface area contributed by atoms with Crippen molar-refractivity contribution in [3.8, 4) is 0 Å². The Morgan fingerprint density at radius 2 is 1.64 bits per heavy atom. The van der Waals surface area contributed by atoms with E-state index in [1.54, 1.807) is 0 Å². The Hall–Kier alpha value is -2.49. The lowest BCUT2D eigenvalue weighted by molar-refractivity contribution is 0.0943. The lowest BCUT2D eigenvalue weighted by atomic mass is 9.87.